The summed E-state index contributed by atoms with van der Waals surface area (Å²) in [4.78, 5) is 0. The summed E-state index contributed by atoms with van der Waals surface area (Å²) in [5.74, 6) is 0. The lowest BCUT2D eigenvalue weighted by atomic mass is 9.84. The van der Waals surface area contributed by atoms with Crippen molar-refractivity contribution in [2.75, 3.05) is 0 Å². The number of rotatable bonds is 4. The van der Waals surface area contributed by atoms with E-state index in [1.807, 2.05) is 48.5 Å². The van der Waals surface area contributed by atoms with Gasteiger partial charge in [-0.25, -0.2) is 0 Å². The maximum Gasteiger partial charge on any atom is 0.136 e. The Morgan fingerprint density at radius 2 is 0.898 bits per heavy atom. The highest BCUT2D eigenvalue weighted by Crippen LogP contribution is 2.46. The predicted molar refractivity (Wildman–Crippen MR) is 208 cm³/mol. The van der Waals surface area contributed by atoms with Crippen LogP contribution in [0.3, 0.4) is 0 Å². The van der Waals surface area contributed by atoms with Crippen LogP contribution in [0.25, 0.3) is 98.8 Å². The molecule has 0 saturated carbocycles. The first kappa shape index (κ1) is 14.8. The van der Waals surface area contributed by atoms with Crippen molar-refractivity contribution in [1.29, 1.82) is 0 Å². The van der Waals surface area contributed by atoms with Gasteiger partial charge in [0, 0.05) is 10.8 Å². The Morgan fingerprint density at radius 3 is 1.59 bits per heavy atom. The first-order valence-electron chi connectivity index (χ1n) is 24.8. The molecule has 0 N–H and O–H groups in total. The largest absolute Gasteiger partial charge is 0.456 e. The zero-order valence-corrected chi connectivity index (χ0v) is 25.3. The summed E-state index contributed by atoms with van der Waals surface area (Å²) in [5.41, 5.74) is 0.660. The molecule has 1 nitrogen and oxygen atoms in total. The Hall–Kier alpha value is -6.44. The van der Waals surface area contributed by atoms with Gasteiger partial charge in [-0.3, -0.25) is 0 Å². The van der Waals surface area contributed by atoms with Crippen molar-refractivity contribution in [1.82, 2.24) is 0 Å². The maximum atomic E-state index is 9.85. The minimum atomic E-state index is -0.868. The highest BCUT2D eigenvalue weighted by Gasteiger charge is 2.19. The van der Waals surface area contributed by atoms with Crippen LogP contribution in [0, 0.1) is 0 Å². The highest BCUT2D eigenvalue weighted by atomic mass is 16.3. The van der Waals surface area contributed by atoms with E-state index in [4.69, 9.17) is 19.5 Å². The molecule has 9 aromatic carbocycles. The third kappa shape index (κ3) is 4.40. The van der Waals surface area contributed by atoms with Crippen LogP contribution >= 0.6 is 0 Å². The topological polar surface area (TPSA) is 13.1 Å². The molecule has 0 saturated heterocycles. The van der Waals surface area contributed by atoms with Crippen molar-refractivity contribution in [3.05, 3.63) is 182 Å². The zero-order valence-electron chi connectivity index (χ0n) is 44.3. The van der Waals surface area contributed by atoms with Crippen molar-refractivity contribution >= 4 is 54.3 Å². The molecule has 49 heavy (non-hydrogen) atoms. The Labute approximate surface area is 311 Å². The van der Waals surface area contributed by atoms with Crippen LogP contribution in [0.2, 0.25) is 0 Å². The lowest BCUT2D eigenvalue weighted by Crippen LogP contribution is -1.92. The third-order valence-electron chi connectivity index (χ3n) is 8.74. The lowest BCUT2D eigenvalue weighted by molar-refractivity contribution is 0.669. The SMILES string of the molecule is [2H]c1c([2H])c([2H])c(-c2c3c([2H])c([2H])c([2H])c([2H])c3c(-c3c([2H])c([2H])c(-c4ccc5oc6cc(-c7ccccc7)ccc6c5c4)c4c([2H])c([2H])c([2H])c([2H])c34)c3c([2H])c([2H])c([2H])c([2H])c23)c([2H])c1[2H]. The van der Waals surface area contributed by atoms with E-state index in [9.17, 15) is 11.0 Å². The number of hydrogen-bond acceptors (Lipinski definition) is 1. The van der Waals surface area contributed by atoms with E-state index in [2.05, 4.69) is 0 Å². The van der Waals surface area contributed by atoms with Crippen LogP contribution in [-0.4, -0.2) is 0 Å². The standard InChI is InChI=1S/C48H30O/c1-3-13-31(14-4-1)33-23-25-38-44-29-34(24-28-45(44)49-46(38)30-33)35-26-27-43(37-18-8-7-17-36(35)37)48-41-21-11-9-19-39(41)47(32-15-5-2-6-16-32)40-20-10-12-22-42(40)48/h1-30H/i2D,5D,6D,7D,8D,9D,10D,11D,12D,15D,16D,17D,18D,19D,20D,21D,22D,26D,27D. The van der Waals surface area contributed by atoms with Crippen molar-refractivity contribution < 1.29 is 30.5 Å². The van der Waals surface area contributed by atoms with Gasteiger partial charge in [-0.15, -0.1) is 0 Å². The average Bonchev–Trinajstić information content (AvgIpc) is 3.71. The van der Waals surface area contributed by atoms with E-state index in [0.29, 0.717) is 21.9 Å². The van der Waals surface area contributed by atoms with Crippen molar-refractivity contribution in [3.8, 4) is 44.5 Å². The van der Waals surface area contributed by atoms with Crippen LogP contribution < -0.4 is 0 Å². The fourth-order valence-electron chi connectivity index (χ4n) is 6.58. The molecule has 1 heteroatoms. The molecule has 0 radical (unpaired) electrons. The minimum Gasteiger partial charge on any atom is -0.456 e. The first-order chi connectivity index (χ1) is 32.2. The zero-order chi connectivity index (χ0) is 48.8. The first-order valence-corrected chi connectivity index (χ1v) is 15.3. The normalized spacial score (nSPS) is 17.1. The van der Waals surface area contributed by atoms with Crippen LogP contribution in [0.5, 0.6) is 0 Å². The van der Waals surface area contributed by atoms with Gasteiger partial charge in [0.25, 0.3) is 0 Å². The smallest absolute Gasteiger partial charge is 0.136 e. The molecule has 10 rings (SSSR count). The van der Waals surface area contributed by atoms with Crippen LogP contribution in [0.1, 0.15) is 26.0 Å². The van der Waals surface area contributed by atoms with Gasteiger partial charge in [-0.1, -0.05) is 157 Å². The second-order valence-corrected chi connectivity index (χ2v) is 11.4. The maximum absolute atomic E-state index is 9.85. The number of fused-ring (bicyclic) bond motifs is 6. The molecule has 0 atom stereocenters. The van der Waals surface area contributed by atoms with E-state index >= 15 is 0 Å². The van der Waals surface area contributed by atoms with Gasteiger partial charge in [-0.2, -0.15) is 0 Å². The molecular formula is C48H30O. The van der Waals surface area contributed by atoms with Crippen LogP contribution in [0.15, 0.2) is 186 Å². The van der Waals surface area contributed by atoms with Gasteiger partial charge in [0.2, 0.25) is 0 Å². The van der Waals surface area contributed by atoms with Crippen LogP contribution in [-0.2, 0) is 0 Å². The van der Waals surface area contributed by atoms with Gasteiger partial charge in [0.15, 0.2) is 0 Å². The summed E-state index contributed by atoms with van der Waals surface area (Å²) in [6.07, 6.45) is 0. The quantitative estimate of drug-likeness (QED) is 0.174. The molecule has 0 fully saturated rings. The minimum absolute atomic E-state index is 0.119. The summed E-state index contributed by atoms with van der Waals surface area (Å²) in [7, 11) is 0. The summed E-state index contributed by atoms with van der Waals surface area (Å²) in [5, 5.41) is -1.72. The second kappa shape index (κ2) is 11.1. The van der Waals surface area contributed by atoms with Crippen molar-refractivity contribution in [2.45, 2.75) is 0 Å². The molecule has 228 valence electrons. The number of benzene rings is 9. The second-order valence-electron chi connectivity index (χ2n) is 11.4. The Balaban J connectivity index is 1.42. The monoisotopic (exact) mass is 641 g/mol. The summed E-state index contributed by atoms with van der Waals surface area (Å²) in [6.45, 7) is 0. The van der Waals surface area contributed by atoms with Gasteiger partial charge >= 0.3 is 0 Å². The Bertz CT molecular complexity index is 3850. The van der Waals surface area contributed by atoms with E-state index in [0.717, 1.165) is 11.1 Å². The fraction of sp³-hybridized carbons (Fsp3) is 0. The van der Waals surface area contributed by atoms with Gasteiger partial charge in [0.05, 0.1) is 26.0 Å². The van der Waals surface area contributed by atoms with E-state index < -0.39 is 164 Å². The molecule has 0 aliphatic rings. The van der Waals surface area contributed by atoms with Crippen molar-refractivity contribution in [2.24, 2.45) is 0 Å². The molecule has 0 amide bonds. The summed E-state index contributed by atoms with van der Waals surface area (Å²) >= 11 is 0. The summed E-state index contributed by atoms with van der Waals surface area (Å²) < 4.78 is 178. The van der Waals surface area contributed by atoms with Gasteiger partial charge in [0.1, 0.15) is 11.2 Å². The lowest BCUT2D eigenvalue weighted by Gasteiger charge is -2.19. The average molecular weight is 642 g/mol. The molecule has 0 bridgehead atoms. The molecule has 0 unspecified atom stereocenters. The third-order valence-corrected chi connectivity index (χ3v) is 8.74. The van der Waals surface area contributed by atoms with Gasteiger partial charge < -0.3 is 4.42 Å². The molecule has 0 spiro atoms. The van der Waals surface area contributed by atoms with Crippen molar-refractivity contribution in [3.63, 3.8) is 0 Å². The molecular weight excluding hydrogens is 593 g/mol. The number of furan rings is 1. The fourth-order valence-corrected chi connectivity index (χ4v) is 6.58. The highest BCUT2D eigenvalue weighted by molar-refractivity contribution is 6.24. The molecule has 0 aliphatic carbocycles. The Morgan fingerprint density at radius 1 is 0.327 bits per heavy atom. The van der Waals surface area contributed by atoms with Crippen LogP contribution in [0.4, 0.5) is 0 Å². The summed E-state index contributed by atoms with van der Waals surface area (Å²) in [6, 6.07) is 4.82. The van der Waals surface area contributed by atoms with Gasteiger partial charge in [-0.05, 0) is 101 Å². The molecule has 1 heterocycles. The number of hydrogen-bond donors (Lipinski definition) is 0. The van der Waals surface area contributed by atoms with E-state index in [1.165, 1.54) is 0 Å². The molecule has 10 aromatic rings. The molecule has 0 aliphatic heterocycles. The van der Waals surface area contributed by atoms with E-state index in [-0.39, 0.29) is 16.5 Å². The predicted octanol–water partition coefficient (Wildman–Crippen LogP) is 13.7. The Kier molecular flexibility index (Phi) is 3.34. The van der Waals surface area contributed by atoms with E-state index in [1.54, 1.807) is 18.2 Å². The molecule has 1 aromatic heterocycles.